The molecule has 2 aromatic heterocycles. The fraction of sp³-hybridized carbons (Fsp3) is 0.500. The first-order valence-electron chi connectivity index (χ1n) is 6.91. The van der Waals surface area contributed by atoms with E-state index in [1.807, 2.05) is 6.92 Å². The second kappa shape index (κ2) is 5.61. The van der Waals surface area contributed by atoms with Crippen LogP contribution in [0, 0.1) is 6.92 Å². The van der Waals surface area contributed by atoms with E-state index in [2.05, 4.69) is 25.9 Å². The van der Waals surface area contributed by atoms with E-state index in [4.69, 9.17) is 0 Å². The van der Waals surface area contributed by atoms with Gasteiger partial charge in [0.2, 0.25) is 5.16 Å². The molecule has 0 unspecified atom stereocenters. The quantitative estimate of drug-likeness (QED) is 0.763. The number of fused-ring (bicyclic) bond motifs is 1. The number of halogens is 1. The molecule has 0 bridgehead atoms. The van der Waals surface area contributed by atoms with E-state index < -0.39 is 10.8 Å². The van der Waals surface area contributed by atoms with Gasteiger partial charge in [0.05, 0.1) is 15.3 Å². The lowest BCUT2D eigenvalue weighted by molar-refractivity contribution is 0.512. The van der Waals surface area contributed by atoms with E-state index in [1.54, 1.807) is 17.0 Å². The Labute approximate surface area is 133 Å². The Balaban J connectivity index is 2.39. The van der Waals surface area contributed by atoms with E-state index >= 15 is 0 Å². The summed E-state index contributed by atoms with van der Waals surface area (Å²) in [7, 11) is -1.26. The molecule has 112 valence electrons. The van der Waals surface area contributed by atoms with E-state index in [-0.39, 0.29) is 16.8 Å². The van der Waals surface area contributed by atoms with Crippen LogP contribution in [0.3, 0.4) is 0 Å². The lowest BCUT2D eigenvalue weighted by Crippen LogP contribution is -2.26. The summed E-state index contributed by atoms with van der Waals surface area (Å²) in [6, 6.07) is 0.171. The third-order valence-corrected chi connectivity index (χ3v) is 5.71. The zero-order valence-corrected chi connectivity index (χ0v) is 14.3. The van der Waals surface area contributed by atoms with Crippen LogP contribution in [0.25, 0.3) is 11.0 Å². The van der Waals surface area contributed by atoms with Crippen LogP contribution in [-0.2, 0) is 10.8 Å². The van der Waals surface area contributed by atoms with Crippen molar-refractivity contribution in [2.45, 2.75) is 43.8 Å². The lowest BCUT2D eigenvalue weighted by atomic mass is 10.1. The molecule has 0 spiro atoms. The van der Waals surface area contributed by atoms with Crippen LogP contribution in [0.15, 0.2) is 20.6 Å². The van der Waals surface area contributed by atoms with Crippen molar-refractivity contribution in [3.8, 4) is 0 Å². The van der Waals surface area contributed by atoms with Gasteiger partial charge < -0.3 is 0 Å². The summed E-state index contributed by atoms with van der Waals surface area (Å²) >= 11 is 3.40. The average molecular weight is 370 g/mol. The highest BCUT2D eigenvalue weighted by Crippen LogP contribution is 2.32. The number of hydrogen-bond acceptors (Lipinski definition) is 4. The Morgan fingerprint density at radius 3 is 2.67 bits per heavy atom. The van der Waals surface area contributed by atoms with Gasteiger partial charge in [-0.2, -0.15) is 0 Å². The van der Waals surface area contributed by atoms with Crippen LogP contribution in [0.2, 0.25) is 0 Å². The van der Waals surface area contributed by atoms with Gasteiger partial charge in [-0.25, -0.2) is 9.97 Å². The van der Waals surface area contributed by atoms with Crippen LogP contribution < -0.4 is 5.56 Å². The summed E-state index contributed by atoms with van der Waals surface area (Å²) in [6.07, 6.45) is 7.44. The summed E-state index contributed by atoms with van der Waals surface area (Å²) in [6.45, 7) is 1.87. The molecule has 2 heterocycles. The molecule has 1 aliphatic carbocycles. The summed E-state index contributed by atoms with van der Waals surface area (Å²) < 4.78 is 14.0. The van der Waals surface area contributed by atoms with Crippen molar-refractivity contribution < 1.29 is 4.21 Å². The Morgan fingerprint density at radius 2 is 2.05 bits per heavy atom. The van der Waals surface area contributed by atoms with Crippen molar-refractivity contribution in [2.24, 2.45) is 0 Å². The number of hydrogen-bond donors (Lipinski definition) is 0. The minimum Gasteiger partial charge on any atom is -0.288 e. The highest BCUT2D eigenvalue weighted by molar-refractivity contribution is 9.10. The van der Waals surface area contributed by atoms with Crippen molar-refractivity contribution in [3.63, 3.8) is 0 Å². The second-order valence-corrected chi connectivity index (χ2v) is 7.46. The monoisotopic (exact) mass is 369 g/mol. The van der Waals surface area contributed by atoms with Crippen molar-refractivity contribution in [1.29, 1.82) is 0 Å². The fourth-order valence-corrected chi connectivity index (χ4v) is 3.75. The molecule has 0 aliphatic heterocycles. The highest BCUT2D eigenvalue weighted by atomic mass is 79.9. The zero-order valence-electron chi connectivity index (χ0n) is 11.9. The molecule has 7 heteroatoms. The van der Waals surface area contributed by atoms with E-state index in [0.717, 1.165) is 36.6 Å². The van der Waals surface area contributed by atoms with Crippen molar-refractivity contribution in [3.05, 3.63) is 26.6 Å². The maximum atomic E-state index is 12.7. The number of nitrogens with zero attached hydrogens (tertiary/aromatic N) is 3. The molecule has 1 fully saturated rings. The predicted octanol–water partition coefficient (Wildman–Crippen LogP) is 2.71. The summed E-state index contributed by atoms with van der Waals surface area (Å²) in [5, 5.41) is 1.11. The number of rotatable bonds is 2. The number of aromatic nitrogens is 3. The van der Waals surface area contributed by atoms with Crippen LogP contribution in [-0.4, -0.2) is 25.0 Å². The van der Waals surface area contributed by atoms with Crippen molar-refractivity contribution in [1.82, 2.24) is 14.5 Å². The Kier molecular flexibility index (Phi) is 3.96. The third kappa shape index (κ3) is 2.46. The van der Waals surface area contributed by atoms with Crippen LogP contribution >= 0.6 is 15.9 Å². The second-order valence-electron chi connectivity index (χ2n) is 5.40. The molecule has 0 saturated heterocycles. The molecule has 1 aliphatic rings. The normalized spacial score (nSPS) is 17.5. The maximum Gasteiger partial charge on any atom is 0.267 e. The van der Waals surface area contributed by atoms with Crippen molar-refractivity contribution >= 4 is 37.8 Å². The third-order valence-electron chi connectivity index (χ3n) is 4.06. The molecular formula is C14H16BrN3O2S. The van der Waals surface area contributed by atoms with Gasteiger partial charge in [-0.3, -0.25) is 13.6 Å². The lowest BCUT2D eigenvalue weighted by Gasteiger charge is -2.18. The molecule has 0 radical (unpaired) electrons. The molecule has 1 saturated carbocycles. The Hall–Kier alpha value is -1.08. The Bertz CT molecular complexity index is 797. The van der Waals surface area contributed by atoms with Gasteiger partial charge in [-0.15, -0.1) is 0 Å². The van der Waals surface area contributed by atoms with Gasteiger partial charge in [0, 0.05) is 23.9 Å². The van der Waals surface area contributed by atoms with Crippen LogP contribution in [0.1, 0.15) is 37.3 Å². The topological polar surface area (TPSA) is 64.8 Å². The minimum atomic E-state index is -1.26. The summed E-state index contributed by atoms with van der Waals surface area (Å²) in [5.41, 5.74) is 1.38. The SMILES string of the molecule is Cc1c(Br)c(=O)n(C2CCCC2)c2nc([S@@](C)=O)ncc12. The average Bonchev–Trinajstić information content (AvgIpc) is 2.98. The number of aryl methyl sites for hydroxylation is 1. The first kappa shape index (κ1) is 14.8. The largest absolute Gasteiger partial charge is 0.288 e. The zero-order chi connectivity index (χ0) is 15.1. The van der Waals surface area contributed by atoms with Gasteiger partial charge in [0.25, 0.3) is 5.56 Å². The molecule has 0 aromatic carbocycles. The fourth-order valence-electron chi connectivity index (χ4n) is 2.93. The number of pyridine rings is 1. The molecule has 1 atom stereocenters. The molecule has 21 heavy (non-hydrogen) atoms. The van der Waals surface area contributed by atoms with Crippen LogP contribution in [0.5, 0.6) is 0 Å². The van der Waals surface area contributed by atoms with E-state index in [0.29, 0.717) is 10.1 Å². The van der Waals surface area contributed by atoms with Crippen molar-refractivity contribution in [2.75, 3.05) is 6.26 Å². The summed E-state index contributed by atoms with van der Waals surface area (Å²) in [4.78, 5) is 21.2. The maximum absolute atomic E-state index is 12.7. The predicted molar refractivity (Wildman–Crippen MR) is 86.1 cm³/mol. The van der Waals surface area contributed by atoms with E-state index in [1.165, 1.54) is 0 Å². The highest BCUT2D eigenvalue weighted by Gasteiger charge is 2.23. The Morgan fingerprint density at radius 1 is 1.38 bits per heavy atom. The van der Waals surface area contributed by atoms with Gasteiger partial charge in [-0.1, -0.05) is 12.8 Å². The minimum absolute atomic E-state index is 0.0570. The molecule has 5 nitrogen and oxygen atoms in total. The molecule has 2 aromatic rings. The molecular weight excluding hydrogens is 354 g/mol. The van der Waals surface area contributed by atoms with Gasteiger partial charge in [0.15, 0.2) is 0 Å². The molecule has 3 rings (SSSR count). The van der Waals surface area contributed by atoms with Gasteiger partial charge in [0.1, 0.15) is 5.65 Å². The first-order chi connectivity index (χ1) is 10.0. The molecule has 0 amide bonds. The van der Waals surface area contributed by atoms with E-state index in [9.17, 15) is 9.00 Å². The van der Waals surface area contributed by atoms with Gasteiger partial charge in [-0.05, 0) is 41.3 Å². The standard InChI is InChI=1S/C14H16BrN3O2S/c1-8-10-7-16-14(21(2)20)17-12(10)18(13(19)11(8)15)9-5-3-4-6-9/h7,9H,3-6H2,1-2H3/t21-/m1/s1. The van der Waals surface area contributed by atoms with Gasteiger partial charge >= 0.3 is 0 Å². The first-order valence-corrected chi connectivity index (χ1v) is 9.26. The summed E-state index contributed by atoms with van der Waals surface area (Å²) in [5.74, 6) is 0. The smallest absolute Gasteiger partial charge is 0.267 e. The van der Waals surface area contributed by atoms with Crippen LogP contribution in [0.4, 0.5) is 0 Å². The molecule has 0 N–H and O–H groups in total.